The molecular formula is C26H25N5O5S2. The Hall–Kier alpha value is -4.55. The molecular weight excluding hydrogens is 526 g/mol. The molecule has 3 rings (SSSR count). The van der Waals surface area contributed by atoms with Crippen molar-refractivity contribution >= 4 is 56.3 Å². The lowest BCUT2D eigenvalue weighted by Crippen LogP contribution is -2.19. The first-order valence-electron chi connectivity index (χ1n) is 11.1. The fourth-order valence-electron chi connectivity index (χ4n) is 2.97. The molecule has 12 heteroatoms. The highest BCUT2D eigenvalue weighted by Gasteiger charge is 2.14. The molecule has 0 aliphatic heterocycles. The van der Waals surface area contributed by atoms with E-state index < -0.39 is 16.0 Å². The number of ketones is 1. The second kappa shape index (κ2) is 13.1. The van der Waals surface area contributed by atoms with Crippen LogP contribution >= 0.6 is 12.2 Å². The van der Waals surface area contributed by atoms with Crippen molar-refractivity contribution in [2.75, 3.05) is 22.5 Å². The van der Waals surface area contributed by atoms with Crippen LogP contribution in [0, 0.1) is 0 Å². The fraction of sp³-hybridized carbons (Fsp3) is 0.0769. The fourth-order valence-corrected chi connectivity index (χ4v) is 4.21. The highest BCUT2D eigenvalue weighted by Crippen LogP contribution is 2.18. The number of ether oxygens (including phenoxy) is 1. The molecule has 0 spiro atoms. The molecule has 4 N–H and O–H groups in total. The first kappa shape index (κ1) is 28.0. The predicted molar refractivity (Wildman–Crippen MR) is 150 cm³/mol. The van der Waals surface area contributed by atoms with Gasteiger partial charge in [0.2, 0.25) is 0 Å². The van der Waals surface area contributed by atoms with E-state index in [0.717, 1.165) is 0 Å². The highest BCUT2D eigenvalue weighted by atomic mass is 32.2. The van der Waals surface area contributed by atoms with E-state index in [4.69, 9.17) is 12.2 Å². The zero-order valence-electron chi connectivity index (χ0n) is 20.5. The zero-order chi connectivity index (χ0) is 27.5. The van der Waals surface area contributed by atoms with Gasteiger partial charge in [0.25, 0.3) is 10.0 Å². The van der Waals surface area contributed by atoms with Crippen molar-refractivity contribution in [2.45, 2.75) is 11.8 Å². The van der Waals surface area contributed by atoms with Crippen molar-refractivity contribution in [3.8, 4) is 0 Å². The number of carbonyl (C=O) groups is 2. The molecule has 1 aromatic heterocycles. The van der Waals surface area contributed by atoms with E-state index in [-0.39, 0.29) is 21.6 Å². The number of esters is 1. The number of thiocarbonyl (C=S) groups is 1. The first-order chi connectivity index (χ1) is 18.2. The lowest BCUT2D eigenvalue weighted by molar-refractivity contribution is -0.134. The number of pyridine rings is 1. The van der Waals surface area contributed by atoms with E-state index >= 15 is 0 Å². The minimum atomic E-state index is -3.78. The maximum Gasteiger partial charge on any atom is 0.332 e. The number of nitrogens with zero attached hydrogens (tertiary/aromatic N) is 1. The Morgan fingerprint density at radius 1 is 0.947 bits per heavy atom. The van der Waals surface area contributed by atoms with Gasteiger partial charge >= 0.3 is 5.97 Å². The van der Waals surface area contributed by atoms with Gasteiger partial charge in [-0.05, 0) is 79.8 Å². The molecule has 38 heavy (non-hydrogen) atoms. The van der Waals surface area contributed by atoms with Gasteiger partial charge in [-0.15, -0.1) is 0 Å². The first-order valence-corrected chi connectivity index (χ1v) is 13.0. The summed E-state index contributed by atoms with van der Waals surface area (Å²) in [5.41, 5.74) is 2.22. The molecule has 0 radical (unpaired) electrons. The van der Waals surface area contributed by atoms with Gasteiger partial charge in [0.05, 0.1) is 12.0 Å². The van der Waals surface area contributed by atoms with Crippen molar-refractivity contribution in [2.24, 2.45) is 0 Å². The number of rotatable bonds is 10. The number of methoxy groups -OCH3 is 1. The number of hydrogen-bond acceptors (Lipinski definition) is 8. The number of allylic oxidation sites excluding steroid dienone is 2. The van der Waals surface area contributed by atoms with Gasteiger partial charge in [-0.1, -0.05) is 6.07 Å². The Morgan fingerprint density at radius 3 is 2.16 bits per heavy atom. The summed E-state index contributed by atoms with van der Waals surface area (Å²) in [6.45, 7) is 1.67. The molecule has 0 unspecified atom stereocenters. The summed E-state index contributed by atoms with van der Waals surface area (Å²) in [6.07, 6.45) is 5.55. The summed E-state index contributed by atoms with van der Waals surface area (Å²) < 4.78 is 32.0. The van der Waals surface area contributed by atoms with E-state index in [1.807, 2.05) is 0 Å². The summed E-state index contributed by atoms with van der Waals surface area (Å²) >= 11 is 5.33. The van der Waals surface area contributed by atoms with Crippen LogP contribution < -0.4 is 20.7 Å². The molecule has 0 aliphatic carbocycles. The van der Waals surface area contributed by atoms with E-state index in [1.54, 1.807) is 61.5 Å². The molecule has 1 heterocycles. The minimum Gasteiger partial charge on any atom is -0.466 e. The lowest BCUT2D eigenvalue weighted by atomic mass is 10.1. The molecule has 0 amide bonds. The summed E-state index contributed by atoms with van der Waals surface area (Å²) in [4.78, 5) is 27.6. The Balaban J connectivity index is 1.52. The molecule has 0 saturated carbocycles. The zero-order valence-corrected chi connectivity index (χ0v) is 22.1. The number of anilines is 3. The van der Waals surface area contributed by atoms with Gasteiger partial charge in [-0.2, -0.15) is 0 Å². The number of sulfonamides is 1. The second-order valence-electron chi connectivity index (χ2n) is 7.69. The Bertz CT molecular complexity index is 1450. The number of benzene rings is 2. The molecule has 3 aromatic rings. The largest absolute Gasteiger partial charge is 0.466 e. The van der Waals surface area contributed by atoms with Crippen molar-refractivity contribution in [1.29, 1.82) is 0 Å². The van der Waals surface area contributed by atoms with Crippen LogP contribution in [0.25, 0.3) is 0 Å². The van der Waals surface area contributed by atoms with Crippen LogP contribution in [0.15, 0.2) is 102 Å². The van der Waals surface area contributed by atoms with Gasteiger partial charge in [0.15, 0.2) is 10.9 Å². The normalized spacial score (nSPS) is 11.5. The average Bonchev–Trinajstić information content (AvgIpc) is 2.89. The Labute approximate surface area is 225 Å². The second-order valence-corrected chi connectivity index (χ2v) is 9.78. The van der Waals surface area contributed by atoms with Gasteiger partial charge in [0.1, 0.15) is 5.82 Å². The Kier molecular flexibility index (Phi) is 9.68. The van der Waals surface area contributed by atoms with Crippen molar-refractivity contribution in [1.82, 2.24) is 10.3 Å². The maximum absolute atomic E-state index is 12.5. The third kappa shape index (κ3) is 8.54. The van der Waals surface area contributed by atoms with Gasteiger partial charge < -0.3 is 20.7 Å². The lowest BCUT2D eigenvalue weighted by Gasteiger charge is -2.12. The number of nitrogens with one attached hydrogen (secondary N) is 4. The van der Waals surface area contributed by atoms with Crippen LogP contribution in [0.2, 0.25) is 0 Å². The minimum absolute atomic E-state index is 0.0757. The van der Waals surface area contributed by atoms with Crippen LogP contribution in [-0.2, 0) is 19.6 Å². The van der Waals surface area contributed by atoms with Crippen molar-refractivity contribution in [3.63, 3.8) is 0 Å². The van der Waals surface area contributed by atoms with Gasteiger partial charge in [-0.25, -0.2) is 18.2 Å². The van der Waals surface area contributed by atoms with Crippen LogP contribution in [0.4, 0.5) is 17.2 Å². The summed E-state index contributed by atoms with van der Waals surface area (Å²) in [6, 6.07) is 17.7. The quantitative estimate of drug-likeness (QED) is 0.126. The molecule has 0 saturated heterocycles. The third-order valence-corrected chi connectivity index (χ3v) is 6.41. The summed E-state index contributed by atoms with van der Waals surface area (Å²) in [7, 11) is -2.50. The van der Waals surface area contributed by atoms with E-state index in [9.17, 15) is 18.0 Å². The van der Waals surface area contributed by atoms with Crippen LogP contribution in [0.3, 0.4) is 0 Å². The predicted octanol–water partition coefficient (Wildman–Crippen LogP) is 4.05. The maximum atomic E-state index is 12.5. The van der Waals surface area contributed by atoms with Crippen LogP contribution in [-0.4, -0.2) is 37.4 Å². The smallest absolute Gasteiger partial charge is 0.332 e. The SMILES string of the molecule is COC(=O)/C=C(/C)N/C=C/C(=O)c1ccc(NC(=S)Nc2ccc(S(=O)(=O)Nc3ccccn3)cc2)cc1. The topological polar surface area (TPSA) is 139 Å². The summed E-state index contributed by atoms with van der Waals surface area (Å²) in [5, 5.41) is 9.08. The van der Waals surface area contributed by atoms with Crippen molar-refractivity contribution in [3.05, 3.63) is 103 Å². The van der Waals surface area contributed by atoms with Crippen LogP contribution in [0.5, 0.6) is 0 Å². The molecule has 196 valence electrons. The molecule has 0 fully saturated rings. The third-order valence-electron chi connectivity index (χ3n) is 4.83. The number of carbonyl (C=O) groups excluding carboxylic acids is 2. The van der Waals surface area contributed by atoms with Gasteiger partial charge in [-0.3, -0.25) is 9.52 Å². The van der Waals surface area contributed by atoms with Crippen LogP contribution in [0.1, 0.15) is 17.3 Å². The molecule has 0 aliphatic rings. The van der Waals surface area contributed by atoms with Crippen molar-refractivity contribution < 1.29 is 22.7 Å². The molecule has 2 aromatic carbocycles. The van der Waals surface area contributed by atoms with E-state index in [2.05, 4.69) is 30.4 Å². The Morgan fingerprint density at radius 2 is 1.58 bits per heavy atom. The standard InChI is InChI=1S/C26H25N5O5S2/c1-18(17-25(33)36-2)27-16-14-23(32)19-6-8-20(9-7-19)29-26(37)30-21-10-12-22(13-11-21)38(34,35)31-24-5-3-4-15-28-24/h3-17,27H,1-2H3,(H,28,31)(H2,29,30,37)/b16-14+,18-17-. The molecule has 0 bridgehead atoms. The highest BCUT2D eigenvalue weighted by molar-refractivity contribution is 7.92. The van der Waals surface area contributed by atoms with E-state index in [0.29, 0.717) is 22.6 Å². The summed E-state index contributed by atoms with van der Waals surface area (Å²) in [5.74, 6) is -0.504. The number of aromatic nitrogens is 1. The van der Waals surface area contributed by atoms with Gasteiger partial charge in [0, 0.05) is 47.2 Å². The van der Waals surface area contributed by atoms with E-state index in [1.165, 1.54) is 43.8 Å². The monoisotopic (exact) mass is 551 g/mol. The average molecular weight is 552 g/mol. The molecule has 10 nitrogen and oxygen atoms in total. The number of hydrogen-bond donors (Lipinski definition) is 4. The molecule has 0 atom stereocenters.